The van der Waals surface area contributed by atoms with Gasteiger partial charge in [-0.1, -0.05) is 11.6 Å². The molecule has 6 heteroatoms. The van der Waals surface area contributed by atoms with Crippen LogP contribution in [0.3, 0.4) is 0 Å². The van der Waals surface area contributed by atoms with Crippen LogP contribution in [0, 0.1) is 15.4 Å². The summed E-state index contributed by atoms with van der Waals surface area (Å²) >= 11 is 8.25. The number of methoxy groups -OCH3 is 1. The first-order chi connectivity index (χ1) is 10.0. The first-order valence-corrected chi connectivity index (χ1v) is 8.47. The van der Waals surface area contributed by atoms with Gasteiger partial charge < -0.3 is 14.7 Å². The SMILES string of the molecule is COc1cc(I)c(Cl)cc1C(=O)N1CC2CCC(O)C2C1. The van der Waals surface area contributed by atoms with E-state index in [1.807, 2.05) is 4.90 Å². The number of benzene rings is 1. The summed E-state index contributed by atoms with van der Waals surface area (Å²) in [4.78, 5) is 14.5. The number of carbonyl (C=O) groups excluding carboxylic acids is 1. The minimum Gasteiger partial charge on any atom is -0.496 e. The second-order valence-electron chi connectivity index (χ2n) is 5.75. The Bertz CT molecular complexity index is 580. The van der Waals surface area contributed by atoms with Crippen LogP contribution < -0.4 is 4.74 Å². The third kappa shape index (κ3) is 2.75. The van der Waals surface area contributed by atoms with E-state index in [2.05, 4.69) is 22.6 Å². The van der Waals surface area contributed by atoms with E-state index < -0.39 is 0 Å². The number of amides is 1. The molecule has 1 heterocycles. The highest BCUT2D eigenvalue weighted by Crippen LogP contribution is 2.39. The van der Waals surface area contributed by atoms with Gasteiger partial charge in [0.1, 0.15) is 5.75 Å². The van der Waals surface area contributed by atoms with Crippen LogP contribution in [-0.4, -0.2) is 42.2 Å². The zero-order chi connectivity index (χ0) is 15.1. The molecule has 1 aliphatic carbocycles. The van der Waals surface area contributed by atoms with Gasteiger partial charge >= 0.3 is 0 Å². The fourth-order valence-electron chi connectivity index (χ4n) is 3.44. The normalized spacial score (nSPS) is 27.8. The second kappa shape index (κ2) is 5.93. The number of carbonyl (C=O) groups is 1. The molecule has 1 saturated carbocycles. The first kappa shape index (κ1) is 15.4. The lowest BCUT2D eigenvalue weighted by molar-refractivity contribution is 0.0749. The van der Waals surface area contributed by atoms with Crippen LogP contribution in [0.25, 0.3) is 0 Å². The summed E-state index contributed by atoms with van der Waals surface area (Å²) in [7, 11) is 1.55. The number of hydrogen-bond acceptors (Lipinski definition) is 3. The van der Waals surface area contributed by atoms with Gasteiger partial charge in [-0.2, -0.15) is 0 Å². The highest BCUT2D eigenvalue weighted by Gasteiger charge is 2.43. The van der Waals surface area contributed by atoms with Crippen molar-refractivity contribution in [1.82, 2.24) is 4.90 Å². The van der Waals surface area contributed by atoms with Crippen LogP contribution in [0.15, 0.2) is 12.1 Å². The van der Waals surface area contributed by atoms with Gasteiger partial charge in [-0.15, -0.1) is 0 Å². The maximum absolute atomic E-state index is 12.7. The van der Waals surface area contributed by atoms with Crippen LogP contribution in [-0.2, 0) is 0 Å². The van der Waals surface area contributed by atoms with Gasteiger partial charge in [0.2, 0.25) is 0 Å². The zero-order valence-electron chi connectivity index (χ0n) is 11.7. The smallest absolute Gasteiger partial charge is 0.257 e. The van der Waals surface area contributed by atoms with E-state index in [0.717, 1.165) is 16.4 Å². The van der Waals surface area contributed by atoms with Crippen LogP contribution in [0.1, 0.15) is 23.2 Å². The van der Waals surface area contributed by atoms with Crippen LogP contribution in [0.2, 0.25) is 5.02 Å². The van der Waals surface area contributed by atoms with Gasteiger partial charge in [-0.3, -0.25) is 4.79 Å². The van der Waals surface area contributed by atoms with Crippen molar-refractivity contribution in [2.45, 2.75) is 18.9 Å². The predicted molar refractivity (Wildman–Crippen MR) is 88.8 cm³/mol. The van der Waals surface area contributed by atoms with Crippen molar-refractivity contribution >= 4 is 40.1 Å². The van der Waals surface area contributed by atoms with Crippen molar-refractivity contribution in [2.75, 3.05) is 20.2 Å². The molecule has 21 heavy (non-hydrogen) atoms. The van der Waals surface area contributed by atoms with Gasteiger partial charge in [-0.05, 0) is 53.5 Å². The Balaban J connectivity index is 1.85. The number of hydrogen-bond donors (Lipinski definition) is 1. The number of aliphatic hydroxyl groups is 1. The highest BCUT2D eigenvalue weighted by atomic mass is 127. The zero-order valence-corrected chi connectivity index (χ0v) is 14.6. The fraction of sp³-hybridized carbons (Fsp3) is 0.533. The first-order valence-electron chi connectivity index (χ1n) is 7.01. The average molecular weight is 422 g/mol. The molecule has 2 fully saturated rings. The number of nitrogens with zero attached hydrogens (tertiary/aromatic N) is 1. The molecule has 3 rings (SSSR count). The molecule has 1 saturated heterocycles. The molecule has 1 aromatic rings. The topological polar surface area (TPSA) is 49.8 Å². The van der Waals surface area contributed by atoms with Crippen molar-refractivity contribution in [3.05, 3.63) is 26.3 Å². The summed E-state index contributed by atoms with van der Waals surface area (Å²) in [5.41, 5.74) is 0.498. The van der Waals surface area contributed by atoms with Gasteiger partial charge in [-0.25, -0.2) is 0 Å². The average Bonchev–Trinajstić information content (AvgIpc) is 3.03. The quantitative estimate of drug-likeness (QED) is 0.747. The number of rotatable bonds is 2. The molecule has 1 aromatic carbocycles. The minimum atomic E-state index is -0.269. The molecule has 0 bridgehead atoms. The molecular formula is C15H17ClINO3. The van der Waals surface area contributed by atoms with E-state index >= 15 is 0 Å². The van der Waals surface area contributed by atoms with E-state index in [-0.39, 0.29) is 17.9 Å². The third-order valence-electron chi connectivity index (χ3n) is 4.58. The maximum atomic E-state index is 12.7. The molecule has 0 spiro atoms. The summed E-state index contributed by atoms with van der Waals surface area (Å²) in [6.45, 7) is 1.34. The van der Waals surface area contributed by atoms with Crippen molar-refractivity contribution in [3.63, 3.8) is 0 Å². The minimum absolute atomic E-state index is 0.0632. The molecule has 0 radical (unpaired) electrons. The van der Waals surface area contributed by atoms with Gasteiger partial charge in [0.05, 0.1) is 23.8 Å². The molecule has 0 aromatic heterocycles. The lowest BCUT2D eigenvalue weighted by Crippen LogP contribution is -2.31. The molecule has 2 aliphatic rings. The largest absolute Gasteiger partial charge is 0.496 e. The monoisotopic (exact) mass is 421 g/mol. The van der Waals surface area contributed by atoms with E-state index in [9.17, 15) is 9.90 Å². The van der Waals surface area contributed by atoms with Crippen LogP contribution in [0.5, 0.6) is 5.75 Å². The number of likely N-dealkylation sites (tertiary alicyclic amines) is 1. The number of halogens is 2. The van der Waals surface area contributed by atoms with Gasteiger partial charge in [0.15, 0.2) is 0 Å². The van der Waals surface area contributed by atoms with Crippen molar-refractivity contribution in [1.29, 1.82) is 0 Å². The maximum Gasteiger partial charge on any atom is 0.257 e. The van der Waals surface area contributed by atoms with E-state index in [1.54, 1.807) is 19.2 Å². The number of fused-ring (bicyclic) bond motifs is 1. The van der Waals surface area contributed by atoms with Crippen molar-refractivity contribution in [3.8, 4) is 5.75 Å². The summed E-state index contributed by atoms with van der Waals surface area (Å²) in [6, 6.07) is 3.46. The Morgan fingerprint density at radius 1 is 1.43 bits per heavy atom. The summed E-state index contributed by atoms with van der Waals surface area (Å²) in [6.07, 6.45) is 1.59. The predicted octanol–water partition coefficient (Wildman–Crippen LogP) is 2.80. The van der Waals surface area contributed by atoms with Crippen molar-refractivity contribution < 1.29 is 14.6 Å². The summed E-state index contributed by atoms with van der Waals surface area (Å²) in [5, 5.41) is 10.5. The molecule has 4 nitrogen and oxygen atoms in total. The third-order valence-corrected chi connectivity index (χ3v) is 6.10. The lowest BCUT2D eigenvalue weighted by atomic mass is 10.00. The number of ether oxygens (including phenoxy) is 1. The Hall–Kier alpha value is -0.530. The standard InChI is InChI=1S/C15H17ClINO3/c1-21-14-5-12(17)11(16)4-9(14)15(20)18-6-8-2-3-13(19)10(8)7-18/h4-5,8,10,13,19H,2-3,6-7H2,1H3. The Morgan fingerprint density at radius 2 is 2.19 bits per heavy atom. The van der Waals surface area contributed by atoms with E-state index in [1.165, 1.54) is 0 Å². The lowest BCUT2D eigenvalue weighted by Gasteiger charge is -2.20. The van der Waals surface area contributed by atoms with Crippen molar-refractivity contribution in [2.24, 2.45) is 11.8 Å². The Kier molecular flexibility index (Phi) is 4.34. The molecular weight excluding hydrogens is 405 g/mol. The highest BCUT2D eigenvalue weighted by molar-refractivity contribution is 14.1. The van der Waals surface area contributed by atoms with E-state index in [4.69, 9.17) is 16.3 Å². The second-order valence-corrected chi connectivity index (χ2v) is 7.31. The summed E-state index contributed by atoms with van der Waals surface area (Å²) < 4.78 is 6.17. The summed E-state index contributed by atoms with van der Waals surface area (Å²) in [5.74, 6) is 1.13. The number of aliphatic hydroxyl groups excluding tert-OH is 1. The molecule has 1 aliphatic heterocycles. The van der Waals surface area contributed by atoms with E-state index in [0.29, 0.717) is 35.3 Å². The van der Waals surface area contributed by atoms with Gasteiger partial charge in [0.25, 0.3) is 5.91 Å². The van der Waals surface area contributed by atoms with Gasteiger partial charge in [0, 0.05) is 22.6 Å². The molecule has 1 N–H and O–H groups in total. The Labute approximate surface area is 142 Å². The fourth-order valence-corrected chi connectivity index (χ4v) is 4.04. The Morgan fingerprint density at radius 3 is 2.86 bits per heavy atom. The molecule has 3 unspecified atom stereocenters. The van der Waals surface area contributed by atoms with Crippen LogP contribution >= 0.6 is 34.2 Å². The molecule has 1 amide bonds. The molecule has 114 valence electrons. The molecule has 3 atom stereocenters. The van der Waals surface area contributed by atoms with Crippen LogP contribution in [0.4, 0.5) is 0 Å².